The van der Waals surface area contributed by atoms with E-state index in [0.29, 0.717) is 31.7 Å². The lowest BCUT2D eigenvalue weighted by Gasteiger charge is -2.34. The number of sulfonamides is 1. The van der Waals surface area contributed by atoms with Gasteiger partial charge in [0.15, 0.2) is 0 Å². The van der Waals surface area contributed by atoms with Crippen LogP contribution in [0.25, 0.3) is 0 Å². The van der Waals surface area contributed by atoms with Crippen LogP contribution in [0.3, 0.4) is 0 Å². The van der Waals surface area contributed by atoms with Crippen molar-refractivity contribution in [3.63, 3.8) is 0 Å². The molecule has 0 radical (unpaired) electrons. The summed E-state index contributed by atoms with van der Waals surface area (Å²) in [6.45, 7) is 8.91. The first kappa shape index (κ1) is 24.1. The van der Waals surface area contributed by atoms with E-state index < -0.39 is 10.0 Å². The zero-order valence-electron chi connectivity index (χ0n) is 19.9. The first-order valence-electron chi connectivity index (χ1n) is 11.5. The number of aryl methyl sites for hydroxylation is 3. The Morgan fingerprint density at radius 3 is 2.15 bits per heavy atom. The highest BCUT2D eigenvalue weighted by molar-refractivity contribution is 7.89. The molecule has 3 aromatic carbocycles. The van der Waals surface area contributed by atoms with Crippen molar-refractivity contribution in [3.8, 4) is 0 Å². The van der Waals surface area contributed by atoms with Gasteiger partial charge in [0.1, 0.15) is 0 Å². The van der Waals surface area contributed by atoms with Crippen LogP contribution in [0.2, 0.25) is 0 Å². The highest BCUT2D eigenvalue weighted by Gasteiger charge is 2.29. The maximum atomic E-state index is 13.3. The van der Waals surface area contributed by atoms with E-state index in [1.165, 1.54) is 15.9 Å². The summed E-state index contributed by atoms with van der Waals surface area (Å²) in [6.07, 6.45) is 0. The molecule has 1 aliphatic rings. The van der Waals surface area contributed by atoms with Crippen LogP contribution in [0.15, 0.2) is 71.6 Å². The van der Waals surface area contributed by atoms with E-state index in [2.05, 4.69) is 22.3 Å². The normalized spacial score (nSPS) is 15.3. The summed E-state index contributed by atoms with van der Waals surface area (Å²) < 4.78 is 28.1. The zero-order chi connectivity index (χ0) is 24.3. The number of nitrogens with zero attached hydrogens (tertiary/aromatic N) is 2. The number of nitrogens with one attached hydrogen (secondary N) is 1. The van der Waals surface area contributed by atoms with Crippen molar-refractivity contribution in [2.24, 2.45) is 0 Å². The number of piperazine rings is 1. The third-order valence-electron chi connectivity index (χ3n) is 6.23. The van der Waals surface area contributed by atoms with Crippen LogP contribution in [0.5, 0.6) is 0 Å². The lowest BCUT2D eigenvalue weighted by Crippen LogP contribution is -2.48. The smallest absolute Gasteiger partial charge is 0.255 e. The second-order valence-electron chi connectivity index (χ2n) is 8.92. The largest absolute Gasteiger partial charge is 0.322 e. The van der Waals surface area contributed by atoms with Crippen LogP contribution in [0.1, 0.15) is 32.6 Å². The molecule has 1 saturated heterocycles. The molecule has 1 aliphatic heterocycles. The summed E-state index contributed by atoms with van der Waals surface area (Å²) in [7, 11) is -3.68. The molecular formula is C27H31N3O3S. The second-order valence-corrected chi connectivity index (χ2v) is 10.9. The molecule has 0 aromatic heterocycles. The molecule has 0 bridgehead atoms. The first-order chi connectivity index (χ1) is 16.2. The van der Waals surface area contributed by atoms with Gasteiger partial charge >= 0.3 is 0 Å². The predicted molar refractivity (Wildman–Crippen MR) is 136 cm³/mol. The number of carbonyl (C=O) groups is 1. The van der Waals surface area contributed by atoms with Crippen LogP contribution < -0.4 is 5.32 Å². The Kier molecular flexibility index (Phi) is 7.16. The number of amides is 1. The van der Waals surface area contributed by atoms with Gasteiger partial charge in [0.05, 0.1) is 4.90 Å². The molecule has 4 rings (SSSR count). The molecule has 0 spiro atoms. The van der Waals surface area contributed by atoms with E-state index in [9.17, 15) is 13.2 Å². The van der Waals surface area contributed by atoms with Crippen LogP contribution in [-0.2, 0) is 16.6 Å². The van der Waals surface area contributed by atoms with Gasteiger partial charge in [0.25, 0.3) is 5.91 Å². The summed E-state index contributed by atoms with van der Waals surface area (Å²) in [5.74, 6) is -0.320. The second kappa shape index (κ2) is 10.1. The fourth-order valence-electron chi connectivity index (χ4n) is 4.48. The summed E-state index contributed by atoms with van der Waals surface area (Å²) in [5, 5.41) is 2.96. The molecule has 1 amide bonds. The van der Waals surface area contributed by atoms with Gasteiger partial charge in [-0.2, -0.15) is 4.31 Å². The summed E-state index contributed by atoms with van der Waals surface area (Å²) >= 11 is 0. The van der Waals surface area contributed by atoms with E-state index in [0.717, 1.165) is 28.9 Å². The molecule has 0 unspecified atom stereocenters. The Bertz CT molecular complexity index is 1260. The predicted octanol–water partition coefficient (Wildman–Crippen LogP) is 4.37. The minimum atomic E-state index is -3.68. The van der Waals surface area contributed by atoms with Gasteiger partial charge in [-0.3, -0.25) is 9.69 Å². The van der Waals surface area contributed by atoms with Crippen LogP contribution in [0.4, 0.5) is 5.69 Å². The molecule has 34 heavy (non-hydrogen) atoms. The van der Waals surface area contributed by atoms with Gasteiger partial charge in [-0.1, -0.05) is 54.1 Å². The minimum Gasteiger partial charge on any atom is -0.322 e. The molecule has 3 aromatic rings. The van der Waals surface area contributed by atoms with Gasteiger partial charge in [-0.05, 0) is 55.7 Å². The van der Waals surface area contributed by atoms with E-state index in [1.54, 1.807) is 18.2 Å². The van der Waals surface area contributed by atoms with Gasteiger partial charge < -0.3 is 5.32 Å². The average Bonchev–Trinajstić information content (AvgIpc) is 2.82. The lowest BCUT2D eigenvalue weighted by molar-refractivity contribution is 0.102. The monoisotopic (exact) mass is 477 g/mol. The van der Waals surface area contributed by atoms with Crippen molar-refractivity contribution in [2.45, 2.75) is 32.2 Å². The number of benzene rings is 3. The van der Waals surface area contributed by atoms with E-state index in [4.69, 9.17) is 0 Å². The zero-order valence-corrected chi connectivity index (χ0v) is 20.7. The molecule has 0 atom stereocenters. The molecule has 1 fully saturated rings. The standard InChI is InChI=1S/C27H31N3O3S/c1-20-16-21(2)26(22(3)17-20)28-27(31)24-10-7-11-25(18-24)34(32,33)30-14-12-29(13-15-30)19-23-8-5-4-6-9-23/h4-11,16-18H,12-15,19H2,1-3H3,(H,28,31). The van der Waals surface area contributed by atoms with Crippen molar-refractivity contribution >= 4 is 21.6 Å². The summed E-state index contributed by atoms with van der Waals surface area (Å²) in [5.41, 5.74) is 5.38. The van der Waals surface area contributed by atoms with Crippen molar-refractivity contribution in [3.05, 3.63) is 94.5 Å². The fourth-order valence-corrected chi connectivity index (χ4v) is 5.95. The fraction of sp³-hybridized carbons (Fsp3) is 0.296. The molecule has 1 N–H and O–H groups in total. The average molecular weight is 478 g/mol. The number of rotatable bonds is 6. The molecule has 7 heteroatoms. The maximum Gasteiger partial charge on any atom is 0.255 e. The highest BCUT2D eigenvalue weighted by atomic mass is 32.2. The Morgan fingerprint density at radius 2 is 1.50 bits per heavy atom. The van der Waals surface area contributed by atoms with Crippen LogP contribution >= 0.6 is 0 Å². The maximum absolute atomic E-state index is 13.3. The Labute approximate surface area is 202 Å². The molecule has 0 saturated carbocycles. The lowest BCUT2D eigenvalue weighted by atomic mass is 10.0. The number of hydrogen-bond donors (Lipinski definition) is 1. The Hall–Kier alpha value is -3.00. The summed E-state index contributed by atoms with van der Waals surface area (Å²) in [4.78, 5) is 15.4. The third kappa shape index (κ3) is 5.38. The van der Waals surface area contributed by atoms with Gasteiger partial charge in [0.2, 0.25) is 10.0 Å². The Morgan fingerprint density at radius 1 is 0.853 bits per heavy atom. The number of anilines is 1. The topological polar surface area (TPSA) is 69.7 Å². The van der Waals surface area contributed by atoms with E-state index in [1.807, 2.05) is 51.1 Å². The van der Waals surface area contributed by atoms with Crippen molar-refractivity contribution in [1.82, 2.24) is 9.21 Å². The molecule has 0 aliphatic carbocycles. The van der Waals surface area contributed by atoms with E-state index >= 15 is 0 Å². The molecule has 6 nitrogen and oxygen atoms in total. The molecule has 178 valence electrons. The van der Waals surface area contributed by atoms with Crippen LogP contribution in [0, 0.1) is 20.8 Å². The van der Waals surface area contributed by atoms with E-state index in [-0.39, 0.29) is 10.8 Å². The van der Waals surface area contributed by atoms with Crippen molar-refractivity contribution in [2.75, 3.05) is 31.5 Å². The van der Waals surface area contributed by atoms with Gasteiger partial charge in [0, 0.05) is 44.0 Å². The minimum absolute atomic E-state index is 0.147. The van der Waals surface area contributed by atoms with Crippen molar-refractivity contribution < 1.29 is 13.2 Å². The molecular weight excluding hydrogens is 446 g/mol. The number of carbonyl (C=O) groups excluding carboxylic acids is 1. The molecule has 1 heterocycles. The SMILES string of the molecule is Cc1cc(C)c(NC(=O)c2cccc(S(=O)(=O)N3CCN(Cc4ccccc4)CC3)c2)c(C)c1. The van der Waals surface area contributed by atoms with Crippen molar-refractivity contribution in [1.29, 1.82) is 0 Å². The highest BCUT2D eigenvalue weighted by Crippen LogP contribution is 2.24. The Balaban J connectivity index is 1.45. The third-order valence-corrected chi connectivity index (χ3v) is 8.12. The quantitative estimate of drug-likeness (QED) is 0.572. The van der Waals surface area contributed by atoms with Gasteiger partial charge in [-0.15, -0.1) is 0 Å². The summed E-state index contributed by atoms with van der Waals surface area (Å²) in [6, 6.07) is 20.5. The van der Waals surface area contributed by atoms with Gasteiger partial charge in [-0.25, -0.2) is 8.42 Å². The number of hydrogen-bond acceptors (Lipinski definition) is 4. The van der Waals surface area contributed by atoms with Crippen LogP contribution in [-0.4, -0.2) is 49.7 Å². The first-order valence-corrected chi connectivity index (χ1v) is 12.9.